The van der Waals surface area contributed by atoms with Crippen molar-refractivity contribution in [3.05, 3.63) is 83.2 Å². The highest BCUT2D eigenvalue weighted by Crippen LogP contribution is 2.21. The van der Waals surface area contributed by atoms with E-state index >= 15 is 0 Å². The van der Waals surface area contributed by atoms with Crippen LogP contribution in [0.1, 0.15) is 22.5 Å². The molecule has 0 aliphatic rings. The standard InChI is InChI=1S/C22H20N2O4/c1-15-21(27-19(25)13-17-9-5-3-6-10-17)24-16(2)22(23-15)28-20(26)14-18-11-7-4-8-12-18/h3-12H,13-14H2,1-2H3. The minimum Gasteiger partial charge on any atom is -0.405 e. The lowest BCUT2D eigenvalue weighted by Gasteiger charge is -2.10. The molecule has 0 fully saturated rings. The van der Waals surface area contributed by atoms with E-state index in [2.05, 4.69) is 9.97 Å². The van der Waals surface area contributed by atoms with E-state index in [0.717, 1.165) is 11.1 Å². The summed E-state index contributed by atoms with van der Waals surface area (Å²) in [7, 11) is 0. The third-order valence-corrected chi connectivity index (χ3v) is 3.96. The summed E-state index contributed by atoms with van der Waals surface area (Å²) in [6.45, 7) is 3.29. The molecule has 0 unspecified atom stereocenters. The minimum absolute atomic E-state index is 0.112. The first-order chi connectivity index (χ1) is 13.5. The Morgan fingerprint density at radius 3 is 1.39 bits per heavy atom. The van der Waals surface area contributed by atoms with Crippen molar-refractivity contribution in [3.63, 3.8) is 0 Å². The van der Waals surface area contributed by atoms with Crippen LogP contribution in [0.2, 0.25) is 0 Å². The van der Waals surface area contributed by atoms with Gasteiger partial charge >= 0.3 is 11.9 Å². The Bertz CT molecular complexity index is 891. The molecule has 142 valence electrons. The van der Waals surface area contributed by atoms with Gasteiger partial charge in [0, 0.05) is 0 Å². The number of aryl methyl sites for hydroxylation is 2. The van der Waals surface area contributed by atoms with Gasteiger partial charge in [0.05, 0.1) is 12.8 Å². The van der Waals surface area contributed by atoms with Gasteiger partial charge in [0.1, 0.15) is 11.4 Å². The number of benzene rings is 2. The van der Waals surface area contributed by atoms with Crippen molar-refractivity contribution in [2.45, 2.75) is 26.7 Å². The van der Waals surface area contributed by atoms with Gasteiger partial charge in [-0.2, -0.15) is 0 Å². The van der Waals surface area contributed by atoms with E-state index < -0.39 is 11.9 Å². The molecule has 28 heavy (non-hydrogen) atoms. The molecule has 3 aromatic rings. The summed E-state index contributed by atoms with van der Waals surface area (Å²) in [4.78, 5) is 32.7. The topological polar surface area (TPSA) is 78.4 Å². The molecular weight excluding hydrogens is 356 g/mol. The Labute approximate surface area is 163 Å². The van der Waals surface area contributed by atoms with E-state index in [4.69, 9.17) is 9.47 Å². The van der Waals surface area contributed by atoms with E-state index in [1.807, 2.05) is 60.7 Å². The number of ether oxygens (including phenoxy) is 2. The second kappa shape index (κ2) is 8.90. The van der Waals surface area contributed by atoms with E-state index in [1.54, 1.807) is 13.8 Å². The molecule has 3 rings (SSSR count). The predicted octanol–water partition coefficient (Wildman–Crippen LogP) is 3.39. The zero-order valence-electron chi connectivity index (χ0n) is 15.7. The SMILES string of the molecule is Cc1nc(OC(=O)Cc2ccccc2)c(C)nc1OC(=O)Cc1ccccc1. The minimum atomic E-state index is -0.433. The maximum atomic E-state index is 12.1. The lowest BCUT2D eigenvalue weighted by molar-refractivity contribution is -0.135. The molecule has 0 aliphatic carbocycles. The molecule has 0 amide bonds. The second-order valence-corrected chi connectivity index (χ2v) is 6.28. The Morgan fingerprint density at radius 2 is 1.04 bits per heavy atom. The van der Waals surface area contributed by atoms with Crippen LogP contribution in [-0.4, -0.2) is 21.9 Å². The van der Waals surface area contributed by atoms with Gasteiger partial charge in [-0.25, -0.2) is 9.97 Å². The third-order valence-electron chi connectivity index (χ3n) is 3.96. The Kier molecular flexibility index (Phi) is 6.11. The van der Waals surface area contributed by atoms with Gasteiger partial charge in [-0.3, -0.25) is 9.59 Å². The smallest absolute Gasteiger partial charge is 0.317 e. The molecule has 0 bridgehead atoms. The second-order valence-electron chi connectivity index (χ2n) is 6.28. The summed E-state index contributed by atoms with van der Waals surface area (Å²) in [6.07, 6.45) is 0.268. The Morgan fingerprint density at radius 1 is 0.679 bits per heavy atom. The van der Waals surface area contributed by atoms with Gasteiger partial charge in [0.15, 0.2) is 0 Å². The molecule has 0 saturated heterocycles. The predicted molar refractivity (Wildman–Crippen MR) is 103 cm³/mol. The largest absolute Gasteiger partial charge is 0.405 e. The number of carbonyl (C=O) groups excluding carboxylic acids is 2. The highest BCUT2D eigenvalue weighted by Gasteiger charge is 2.16. The first-order valence-electron chi connectivity index (χ1n) is 8.85. The summed E-state index contributed by atoms with van der Waals surface area (Å²) in [5, 5.41) is 0. The van der Waals surface area contributed by atoms with Crippen molar-refractivity contribution < 1.29 is 19.1 Å². The average Bonchev–Trinajstić information content (AvgIpc) is 2.67. The fourth-order valence-electron chi connectivity index (χ4n) is 2.57. The fourth-order valence-corrected chi connectivity index (χ4v) is 2.57. The van der Waals surface area contributed by atoms with E-state index in [1.165, 1.54) is 0 Å². The monoisotopic (exact) mass is 376 g/mol. The molecule has 1 heterocycles. The number of rotatable bonds is 6. The zero-order valence-corrected chi connectivity index (χ0v) is 15.7. The van der Waals surface area contributed by atoms with Gasteiger partial charge in [-0.15, -0.1) is 0 Å². The lowest BCUT2D eigenvalue weighted by Crippen LogP contribution is -2.16. The van der Waals surface area contributed by atoms with Gasteiger partial charge < -0.3 is 9.47 Å². The van der Waals surface area contributed by atoms with Gasteiger partial charge in [-0.1, -0.05) is 60.7 Å². The maximum Gasteiger partial charge on any atom is 0.317 e. The van der Waals surface area contributed by atoms with Crippen molar-refractivity contribution in [3.8, 4) is 11.8 Å². The van der Waals surface area contributed by atoms with Crippen molar-refractivity contribution >= 4 is 11.9 Å². The summed E-state index contributed by atoms with van der Waals surface area (Å²) >= 11 is 0. The molecule has 0 aliphatic heterocycles. The number of nitrogens with zero attached hydrogens (tertiary/aromatic N) is 2. The number of esters is 2. The maximum absolute atomic E-state index is 12.1. The molecule has 6 nitrogen and oxygen atoms in total. The van der Waals surface area contributed by atoms with E-state index in [9.17, 15) is 9.59 Å². The Hall–Kier alpha value is -3.54. The van der Waals surface area contributed by atoms with Crippen LogP contribution in [0, 0.1) is 13.8 Å². The molecule has 0 spiro atoms. The molecular formula is C22H20N2O4. The summed E-state index contributed by atoms with van der Waals surface area (Å²) < 4.78 is 10.7. The molecule has 0 saturated carbocycles. The van der Waals surface area contributed by atoms with Gasteiger partial charge in [-0.05, 0) is 25.0 Å². The first kappa shape index (κ1) is 19.2. The molecule has 2 aromatic carbocycles. The van der Waals surface area contributed by atoms with Crippen LogP contribution in [-0.2, 0) is 22.4 Å². The zero-order chi connectivity index (χ0) is 19.9. The average molecular weight is 376 g/mol. The molecule has 0 N–H and O–H groups in total. The third kappa shape index (κ3) is 5.23. The fraction of sp³-hybridized carbons (Fsp3) is 0.182. The first-order valence-corrected chi connectivity index (χ1v) is 8.85. The number of hydrogen-bond acceptors (Lipinski definition) is 6. The molecule has 6 heteroatoms. The van der Waals surface area contributed by atoms with Crippen molar-refractivity contribution in [2.24, 2.45) is 0 Å². The van der Waals surface area contributed by atoms with Crippen LogP contribution in [0.15, 0.2) is 60.7 Å². The van der Waals surface area contributed by atoms with Gasteiger partial charge in [0.2, 0.25) is 11.8 Å². The van der Waals surface area contributed by atoms with Crippen molar-refractivity contribution in [1.29, 1.82) is 0 Å². The highest BCUT2D eigenvalue weighted by molar-refractivity contribution is 5.76. The van der Waals surface area contributed by atoms with E-state index in [-0.39, 0.29) is 24.6 Å². The highest BCUT2D eigenvalue weighted by atomic mass is 16.6. The summed E-state index contributed by atoms with van der Waals surface area (Å²) in [5.74, 6) is -0.642. The Balaban J connectivity index is 1.65. The molecule has 0 radical (unpaired) electrons. The lowest BCUT2D eigenvalue weighted by atomic mass is 10.2. The molecule has 1 aromatic heterocycles. The summed E-state index contributed by atoms with van der Waals surface area (Å²) in [5.41, 5.74) is 2.44. The number of aromatic nitrogens is 2. The van der Waals surface area contributed by atoms with Crippen molar-refractivity contribution in [2.75, 3.05) is 0 Å². The van der Waals surface area contributed by atoms with Crippen LogP contribution >= 0.6 is 0 Å². The number of hydrogen-bond donors (Lipinski definition) is 0. The quantitative estimate of drug-likeness (QED) is 0.614. The van der Waals surface area contributed by atoms with Crippen molar-refractivity contribution in [1.82, 2.24) is 9.97 Å². The van der Waals surface area contributed by atoms with Crippen LogP contribution in [0.5, 0.6) is 11.8 Å². The van der Waals surface area contributed by atoms with Gasteiger partial charge in [0.25, 0.3) is 0 Å². The van der Waals surface area contributed by atoms with Crippen LogP contribution < -0.4 is 9.47 Å². The normalized spacial score (nSPS) is 10.4. The van der Waals surface area contributed by atoms with Crippen LogP contribution in [0.3, 0.4) is 0 Å². The summed E-state index contributed by atoms with van der Waals surface area (Å²) in [6, 6.07) is 18.6. The van der Waals surface area contributed by atoms with Crippen LogP contribution in [0.25, 0.3) is 0 Å². The number of carbonyl (C=O) groups is 2. The van der Waals surface area contributed by atoms with E-state index in [0.29, 0.717) is 11.4 Å². The van der Waals surface area contributed by atoms with Crippen LogP contribution in [0.4, 0.5) is 0 Å². The molecule has 0 atom stereocenters.